The number of hydrogen-bond acceptors (Lipinski definition) is 6. The first-order valence-corrected chi connectivity index (χ1v) is 6.95. The molecule has 1 atom stereocenters. The van der Waals surface area contributed by atoms with E-state index >= 15 is 0 Å². The van der Waals surface area contributed by atoms with E-state index in [2.05, 4.69) is 0 Å². The quantitative estimate of drug-likeness (QED) is 0.835. The van der Waals surface area contributed by atoms with E-state index in [0.717, 1.165) is 6.92 Å². The van der Waals surface area contributed by atoms with Gasteiger partial charge in [-0.3, -0.25) is 9.59 Å². The second-order valence-corrected chi connectivity index (χ2v) is 4.98. The molecule has 2 aromatic rings. The summed E-state index contributed by atoms with van der Waals surface area (Å²) in [6.45, 7) is 1.09. The Bertz CT molecular complexity index is 851. The van der Waals surface area contributed by atoms with E-state index in [1.165, 1.54) is 14.2 Å². The smallest absolute Gasteiger partial charge is 0.304 e. The molecular formula is C17H16N2O5. The first-order chi connectivity index (χ1) is 11.4. The summed E-state index contributed by atoms with van der Waals surface area (Å²) in [6.07, 6.45) is 0. The van der Waals surface area contributed by atoms with Gasteiger partial charge in [-0.1, -0.05) is 12.1 Å². The lowest BCUT2D eigenvalue weighted by Gasteiger charge is -2.26. The highest BCUT2D eigenvalue weighted by atomic mass is 16.6. The van der Waals surface area contributed by atoms with Crippen LogP contribution in [-0.4, -0.2) is 26.1 Å². The van der Waals surface area contributed by atoms with Crippen LogP contribution in [0.25, 0.3) is 10.8 Å². The monoisotopic (exact) mass is 328 g/mol. The molecule has 7 heteroatoms. The summed E-state index contributed by atoms with van der Waals surface area (Å²) in [7, 11) is 2.86. The SMILES string of the molecule is COc1ccc2ccc(OC)c(C(C#N)(OC(C)=O)C(N)=O)c2c1. The molecule has 0 fully saturated rings. The molecule has 0 saturated heterocycles. The first kappa shape index (κ1) is 17.1. The minimum atomic E-state index is -2.32. The third-order valence-corrected chi connectivity index (χ3v) is 3.56. The van der Waals surface area contributed by atoms with Crippen molar-refractivity contribution in [2.45, 2.75) is 12.5 Å². The molecule has 2 N–H and O–H groups in total. The normalized spacial score (nSPS) is 12.8. The average Bonchev–Trinajstić information content (AvgIpc) is 2.57. The maximum atomic E-state index is 12.1. The maximum Gasteiger partial charge on any atom is 0.304 e. The summed E-state index contributed by atoms with van der Waals surface area (Å²) in [5, 5.41) is 10.8. The van der Waals surface area contributed by atoms with E-state index in [1.54, 1.807) is 36.4 Å². The Kier molecular flexibility index (Phi) is 4.60. The van der Waals surface area contributed by atoms with E-state index in [0.29, 0.717) is 16.5 Å². The average molecular weight is 328 g/mol. The largest absolute Gasteiger partial charge is 0.497 e. The number of nitrogens with zero attached hydrogens (tertiary/aromatic N) is 1. The Balaban J connectivity index is 2.96. The molecule has 0 heterocycles. The molecule has 0 aromatic heterocycles. The molecule has 0 aliphatic rings. The molecule has 24 heavy (non-hydrogen) atoms. The van der Waals surface area contributed by atoms with Crippen molar-refractivity contribution in [3.05, 3.63) is 35.9 Å². The number of amides is 1. The van der Waals surface area contributed by atoms with E-state index < -0.39 is 17.5 Å². The zero-order valence-electron chi connectivity index (χ0n) is 13.5. The highest BCUT2D eigenvalue weighted by Gasteiger charge is 2.46. The molecule has 0 aliphatic carbocycles. The molecule has 124 valence electrons. The predicted molar refractivity (Wildman–Crippen MR) is 85.3 cm³/mol. The number of hydrogen-bond donors (Lipinski definition) is 1. The van der Waals surface area contributed by atoms with E-state index in [9.17, 15) is 14.9 Å². The third-order valence-electron chi connectivity index (χ3n) is 3.56. The second kappa shape index (κ2) is 6.46. The zero-order valence-corrected chi connectivity index (χ0v) is 13.5. The van der Waals surface area contributed by atoms with Gasteiger partial charge in [0.2, 0.25) is 0 Å². The van der Waals surface area contributed by atoms with Gasteiger partial charge in [0, 0.05) is 6.92 Å². The summed E-state index contributed by atoms with van der Waals surface area (Å²) in [4.78, 5) is 23.6. The van der Waals surface area contributed by atoms with Crippen molar-refractivity contribution < 1.29 is 23.8 Å². The molecule has 0 radical (unpaired) electrons. The Morgan fingerprint density at radius 2 is 1.83 bits per heavy atom. The van der Waals surface area contributed by atoms with Crippen molar-refractivity contribution in [1.82, 2.24) is 0 Å². The summed E-state index contributed by atoms with van der Waals surface area (Å²) in [6, 6.07) is 10.1. The third kappa shape index (κ3) is 2.70. The molecular weight excluding hydrogens is 312 g/mol. The number of carbonyl (C=O) groups is 2. The van der Waals surface area contributed by atoms with E-state index in [4.69, 9.17) is 19.9 Å². The lowest BCUT2D eigenvalue weighted by atomic mass is 9.88. The number of primary amides is 1. The van der Waals surface area contributed by atoms with Crippen molar-refractivity contribution >= 4 is 22.6 Å². The molecule has 0 saturated carbocycles. The van der Waals surface area contributed by atoms with Crippen LogP contribution >= 0.6 is 0 Å². The van der Waals surface area contributed by atoms with Crippen molar-refractivity contribution in [3.63, 3.8) is 0 Å². The molecule has 0 spiro atoms. The van der Waals surface area contributed by atoms with Crippen LogP contribution in [0.2, 0.25) is 0 Å². The molecule has 1 unspecified atom stereocenters. The van der Waals surface area contributed by atoms with E-state index in [-0.39, 0.29) is 11.3 Å². The summed E-state index contributed by atoms with van der Waals surface area (Å²) >= 11 is 0. The van der Waals surface area contributed by atoms with Crippen molar-refractivity contribution in [2.24, 2.45) is 5.73 Å². The first-order valence-electron chi connectivity index (χ1n) is 6.95. The van der Waals surface area contributed by atoms with Gasteiger partial charge in [-0.25, -0.2) is 0 Å². The van der Waals surface area contributed by atoms with Gasteiger partial charge in [-0.15, -0.1) is 0 Å². The van der Waals surface area contributed by atoms with Gasteiger partial charge in [0.05, 0.1) is 19.8 Å². The number of nitriles is 1. The Labute approximate surface area is 138 Å². The van der Waals surface area contributed by atoms with E-state index in [1.807, 2.05) is 0 Å². The minimum Gasteiger partial charge on any atom is -0.497 e. The van der Waals surface area contributed by atoms with Crippen LogP contribution in [0.4, 0.5) is 0 Å². The maximum absolute atomic E-state index is 12.1. The molecule has 0 bridgehead atoms. The summed E-state index contributed by atoms with van der Waals surface area (Å²) in [5.74, 6) is -1.25. The fraction of sp³-hybridized carbons (Fsp3) is 0.235. The Morgan fingerprint density at radius 3 is 2.33 bits per heavy atom. The van der Waals surface area contributed by atoms with Gasteiger partial charge in [-0.2, -0.15) is 5.26 Å². The Hall–Kier alpha value is -3.27. The van der Waals surface area contributed by atoms with Gasteiger partial charge < -0.3 is 19.9 Å². The molecule has 1 amide bonds. The molecule has 7 nitrogen and oxygen atoms in total. The molecule has 0 aliphatic heterocycles. The van der Waals surface area contributed by atoms with Crippen LogP contribution in [0, 0.1) is 11.3 Å². The fourth-order valence-corrected chi connectivity index (χ4v) is 2.51. The molecule has 2 aromatic carbocycles. The van der Waals surface area contributed by atoms with Crippen LogP contribution in [0.5, 0.6) is 11.5 Å². The van der Waals surface area contributed by atoms with Gasteiger partial charge >= 0.3 is 11.6 Å². The summed E-state index contributed by atoms with van der Waals surface area (Å²) < 4.78 is 15.5. The topological polar surface area (TPSA) is 112 Å². The van der Waals surface area contributed by atoms with Crippen LogP contribution in [-0.2, 0) is 19.9 Å². The number of carbonyl (C=O) groups excluding carboxylic acids is 2. The fourth-order valence-electron chi connectivity index (χ4n) is 2.51. The van der Waals surface area contributed by atoms with Crippen molar-refractivity contribution in [2.75, 3.05) is 14.2 Å². The highest BCUT2D eigenvalue weighted by Crippen LogP contribution is 2.40. The number of fused-ring (bicyclic) bond motifs is 1. The zero-order chi connectivity index (χ0) is 17.9. The number of benzene rings is 2. The van der Waals surface area contributed by atoms with Crippen LogP contribution in [0.3, 0.4) is 0 Å². The van der Waals surface area contributed by atoms with Gasteiger partial charge in [0.1, 0.15) is 17.6 Å². The number of nitrogens with two attached hydrogens (primary N) is 1. The number of ether oxygens (including phenoxy) is 3. The Morgan fingerprint density at radius 1 is 1.17 bits per heavy atom. The van der Waals surface area contributed by atoms with Gasteiger partial charge in [0.15, 0.2) is 0 Å². The summed E-state index contributed by atoms with van der Waals surface area (Å²) in [5.41, 5.74) is 3.17. The van der Waals surface area contributed by atoms with Crippen LogP contribution in [0.15, 0.2) is 30.3 Å². The van der Waals surface area contributed by atoms with Crippen molar-refractivity contribution in [3.8, 4) is 17.6 Å². The highest BCUT2D eigenvalue weighted by molar-refractivity contribution is 5.99. The van der Waals surface area contributed by atoms with Crippen molar-refractivity contribution in [1.29, 1.82) is 5.26 Å². The minimum absolute atomic E-state index is 0.0617. The van der Waals surface area contributed by atoms with Crippen LogP contribution in [0.1, 0.15) is 12.5 Å². The number of esters is 1. The van der Waals surface area contributed by atoms with Gasteiger partial charge in [0.25, 0.3) is 5.91 Å². The number of rotatable bonds is 5. The van der Waals surface area contributed by atoms with Gasteiger partial charge in [-0.05, 0) is 29.0 Å². The van der Waals surface area contributed by atoms with Crippen LogP contribution < -0.4 is 15.2 Å². The predicted octanol–water partition coefficient (Wildman–Crippen LogP) is 1.62. The number of methoxy groups -OCH3 is 2. The standard InChI is InChI=1S/C17H16N2O5/c1-10(20)24-17(9-18,16(19)21)15-13-8-12(22-2)6-4-11(13)5-7-14(15)23-3/h4-8H,1-3H3,(H2,19,21). The second-order valence-electron chi connectivity index (χ2n) is 4.98. The molecule has 2 rings (SSSR count). The lowest BCUT2D eigenvalue weighted by Crippen LogP contribution is -2.44. The lowest BCUT2D eigenvalue weighted by molar-refractivity contribution is -0.160.